The molecule has 0 saturated heterocycles. The Bertz CT molecular complexity index is 421. The van der Waals surface area contributed by atoms with E-state index >= 15 is 0 Å². The average Bonchev–Trinajstić information content (AvgIpc) is 2.34. The molecule has 0 spiro atoms. The van der Waals surface area contributed by atoms with Gasteiger partial charge in [0.25, 0.3) is 0 Å². The Morgan fingerprint density at radius 2 is 2.16 bits per heavy atom. The topological polar surface area (TPSA) is 47.6 Å². The fourth-order valence-corrected chi connectivity index (χ4v) is 2.01. The first kappa shape index (κ1) is 16.0. The number of hydrogen-bond acceptors (Lipinski definition) is 4. The molecule has 0 aliphatic rings. The van der Waals surface area contributed by atoms with Crippen LogP contribution < -0.4 is 10.1 Å². The van der Waals surface area contributed by atoms with Gasteiger partial charge >= 0.3 is 5.97 Å². The van der Waals surface area contributed by atoms with Crippen LogP contribution in [0, 0.1) is 0 Å². The lowest BCUT2D eigenvalue weighted by atomic mass is 10.2. The highest BCUT2D eigenvalue weighted by molar-refractivity contribution is 9.10. The lowest BCUT2D eigenvalue weighted by molar-refractivity contribution is -0.149. The van der Waals surface area contributed by atoms with Gasteiger partial charge in [-0.2, -0.15) is 0 Å². The fourth-order valence-electron chi connectivity index (χ4n) is 1.47. The molecule has 19 heavy (non-hydrogen) atoms. The van der Waals surface area contributed by atoms with E-state index in [1.54, 1.807) is 0 Å². The lowest BCUT2D eigenvalue weighted by Gasteiger charge is -2.11. The van der Waals surface area contributed by atoms with Crippen molar-refractivity contribution in [2.24, 2.45) is 0 Å². The molecule has 1 aromatic carbocycles. The number of benzene rings is 1. The number of rotatable bonds is 7. The first-order chi connectivity index (χ1) is 9.02. The minimum absolute atomic E-state index is 0.0800. The zero-order valence-corrected chi connectivity index (χ0v) is 13.1. The van der Waals surface area contributed by atoms with Gasteiger partial charge in [-0.25, -0.2) is 4.79 Å². The van der Waals surface area contributed by atoms with E-state index in [0.29, 0.717) is 5.75 Å². The van der Waals surface area contributed by atoms with Crippen LogP contribution in [0.15, 0.2) is 22.7 Å². The van der Waals surface area contributed by atoms with Gasteiger partial charge in [-0.1, -0.05) is 13.0 Å². The number of ether oxygens (including phenoxy) is 2. The van der Waals surface area contributed by atoms with Gasteiger partial charge in [0.05, 0.1) is 10.6 Å². The molecule has 0 radical (unpaired) electrons. The van der Waals surface area contributed by atoms with Gasteiger partial charge in [-0.05, 0) is 54.0 Å². The van der Waals surface area contributed by atoms with Crippen LogP contribution >= 0.6 is 15.9 Å². The number of nitrogens with one attached hydrogen (secondary N) is 1. The predicted octanol–water partition coefficient (Wildman–Crippen LogP) is 2.89. The minimum Gasteiger partial charge on any atom is -0.481 e. The van der Waals surface area contributed by atoms with Gasteiger partial charge in [-0.3, -0.25) is 0 Å². The van der Waals surface area contributed by atoms with Crippen LogP contribution in [0.2, 0.25) is 0 Å². The molecular weight excluding hydrogens is 310 g/mol. The van der Waals surface area contributed by atoms with Crippen molar-refractivity contribution in [3.63, 3.8) is 0 Å². The maximum Gasteiger partial charge on any atom is 0.344 e. The molecule has 1 rings (SSSR count). The molecule has 0 aliphatic heterocycles. The van der Waals surface area contributed by atoms with Crippen LogP contribution in [-0.2, 0) is 16.1 Å². The molecular formula is C14H20BrNO3. The largest absolute Gasteiger partial charge is 0.481 e. The zero-order chi connectivity index (χ0) is 14.3. The third-order valence-electron chi connectivity index (χ3n) is 2.29. The van der Waals surface area contributed by atoms with E-state index in [1.807, 2.05) is 32.0 Å². The van der Waals surface area contributed by atoms with Crippen molar-refractivity contribution in [2.75, 3.05) is 13.2 Å². The molecule has 1 aromatic rings. The highest BCUT2D eigenvalue weighted by Crippen LogP contribution is 2.26. The van der Waals surface area contributed by atoms with E-state index in [0.717, 1.165) is 23.1 Å². The van der Waals surface area contributed by atoms with E-state index < -0.39 is 0 Å². The summed E-state index contributed by atoms with van der Waals surface area (Å²) in [6, 6.07) is 5.79. The van der Waals surface area contributed by atoms with E-state index in [2.05, 4.69) is 28.2 Å². The highest BCUT2D eigenvalue weighted by atomic mass is 79.9. The summed E-state index contributed by atoms with van der Waals surface area (Å²) in [5.41, 5.74) is 1.16. The Balaban J connectivity index is 2.52. The van der Waals surface area contributed by atoms with Gasteiger partial charge in [0.15, 0.2) is 6.61 Å². The molecule has 0 aliphatic carbocycles. The summed E-state index contributed by atoms with van der Waals surface area (Å²) in [6.07, 6.45) is -0.123. The zero-order valence-electron chi connectivity index (χ0n) is 11.5. The van der Waals surface area contributed by atoms with Crippen molar-refractivity contribution < 1.29 is 14.3 Å². The maximum atomic E-state index is 11.4. The van der Waals surface area contributed by atoms with Gasteiger partial charge < -0.3 is 14.8 Å². The molecule has 0 fully saturated rings. The Labute approximate surface area is 122 Å². The van der Waals surface area contributed by atoms with E-state index in [9.17, 15) is 4.79 Å². The van der Waals surface area contributed by atoms with Crippen molar-refractivity contribution in [1.82, 2.24) is 5.32 Å². The van der Waals surface area contributed by atoms with Crippen LogP contribution in [0.4, 0.5) is 0 Å². The number of halogens is 1. The third-order valence-corrected chi connectivity index (χ3v) is 2.91. The smallest absolute Gasteiger partial charge is 0.344 e. The normalized spacial score (nSPS) is 10.6. The van der Waals surface area contributed by atoms with Crippen molar-refractivity contribution in [2.45, 2.75) is 33.4 Å². The lowest BCUT2D eigenvalue weighted by Crippen LogP contribution is -2.18. The summed E-state index contributed by atoms with van der Waals surface area (Å²) in [6.45, 7) is 7.34. The Morgan fingerprint density at radius 3 is 2.74 bits per heavy atom. The second kappa shape index (κ2) is 8.17. The number of hydrogen-bond donors (Lipinski definition) is 1. The van der Waals surface area contributed by atoms with Gasteiger partial charge in [0, 0.05) is 6.54 Å². The molecule has 0 atom stereocenters. The van der Waals surface area contributed by atoms with Crippen LogP contribution in [0.1, 0.15) is 26.3 Å². The standard InChI is InChI=1S/C14H20BrNO3/c1-4-16-8-11-5-6-13(12(15)7-11)18-9-14(17)19-10(2)3/h5-7,10,16H,4,8-9H2,1-3H3. The van der Waals surface area contributed by atoms with E-state index in [1.165, 1.54) is 0 Å². The fraction of sp³-hybridized carbons (Fsp3) is 0.500. The number of carbonyl (C=O) groups excluding carboxylic acids is 1. The summed E-state index contributed by atoms with van der Waals surface area (Å²) in [4.78, 5) is 11.4. The maximum absolute atomic E-state index is 11.4. The average molecular weight is 330 g/mol. The van der Waals surface area contributed by atoms with Crippen molar-refractivity contribution in [1.29, 1.82) is 0 Å². The van der Waals surface area contributed by atoms with Crippen molar-refractivity contribution >= 4 is 21.9 Å². The first-order valence-corrected chi connectivity index (χ1v) is 7.13. The van der Waals surface area contributed by atoms with E-state index in [-0.39, 0.29) is 18.7 Å². The summed E-state index contributed by atoms with van der Waals surface area (Å²) in [5, 5.41) is 3.25. The molecule has 0 bridgehead atoms. The molecule has 0 heterocycles. The van der Waals surface area contributed by atoms with Crippen LogP contribution in [0.5, 0.6) is 5.75 Å². The molecule has 106 valence electrons. The van der Waals surface area contributed by atoms with Crippen molar-refractivity contribution in [3.8, 4) is 5.75 Å². The summed E-state index contributed by atoms with van der Waals surface area (Å²) < 4.78 is 11.3. The third kappa shape index (κ3) is 6.07. The molecule has 0 aromatic heterocycles. The molecule has 4 nitrogen and oxygen atoms in total. The van der Waals surface area contributed by atoms with Gasteiger partial charge in [-0.15, -0.1) is 0 Å². The van der Waals surface area contributed by atoms with Crippen LogP contribution in [-0.4, -0.2) is 25.2 Å². The Morgan fingerprint density at radius 1 is 1.42 bits per heavy atom. The van der Waals surface area contributed by atoms with E-state index in [4.69, 9.17) is 9.47 Å². The molecule has 1 N–H and O–H groups in total. The van der Waals surface area contributed by atoms with Crippen LogP contribution in [0.25, 0.3) is 0 Å². The Kier molecular flexibility index (Phi) is 6.87. The SMILES string of the molecule is CCNCc1ccc(OCC(=O)OC(C)C)c(Br)c1. The summed E-state index contributed by atoms with van der Waals surface area (Å²) in [5.74, 6) is 0.277. The van der Waals surface area contributed by atoms with Crippen LogP contribution in [0.3, 0.4) is 0 Å². The van der Waals surface area contributed by atoms with Crippen molar-refractivity contribution in [3.05, 3.63) is 28.2 Å². The summed E-state index contributed by atoms with van der Waals surface area (Å²) in [7, 11) is 0. The molecule has 0 unspecified atom stereocenters. The Hall–Kier alpha value is -1.07. The van der Waals surface area contributed by atoms with Gasteiger partial charge in [0.2, 0.25) is 0 Å². The molecule has 0 saturated carbocycles. The molecule has 0 amide bonds. The monoisotopic (exact) mass is 329 g/mol. The second-order valence-corrected chi connectivity index (χ2v) is 5.23. The number of esters is 1. The minimum atomic E-state index is -0.362. The summed E-state index contributed by atoms with van der Waals surface area (Å²) >= 11 is 3.44. The van der Waals surface area contributed by atoms with Gasteiger partial charge in [0.1, 0.15) is 5.75 Å². The second-order valence-electron chi connectivity index (χ2n) is 4.37. The first-order valence-electron chi connectivity index (χ1n) is 6.34. The molecule has 5 heteroatoms. The number of carbonyl (C=O) groups is 1. The predicted molar refractivity (Wildman–Crippen MR) is 78.2 cm³/mol. The quantitative estimate of drug-likeness (QED) is 0.781. The highest BCUT2D eigenvalue weighted by Gasteiger charge is 2.08.